The number of nitrogens with two attached hydrogens (primary N) is 1. The number of benzene rings is 1. The van der Waals surface area contributed by atoms with Gasteiger partial charge in [0.25, 0.3) is 11.5 Å². The molecule has 0 aliphatic carbocycles. The fourth-order valence-corrected chi connectivity index (χ4v) is 4.14. The molecule has 1 amide bonds. The molecule has 1 aromatic carbocycles. The van der Waals surface area contributed by atoms with E-state index in [0.717, 1.165) is 23.5 Å². The van der Waals surface area contributed by atoms with Crippen molar-refractivity contribution in [3.63, 3.8) is 0 Å². The summed E-state index contributed by atoms with van der Waals surface area (Å²) >= 11 is 1.04. The Labute approximate surface area is 176 Å². The maximum absolute atomic E-state index is 13.3. The zero-order chi connectivity index (χ0) is 22.3. The Morgan fingerprint density at radius 2 is 2.03 bits per heavy atom. The summed E-state index contributed by atoms with van der Waals surface area (Å²) in [6, 6.07) is 2.73. The number of fused-ring (bicyclic) bond motifs is 1. The Morgan fingerprint density at radius 1 is 1.32 bits per heavy atom. The maximum atomic E-state index is 13.3. The van der Waals surface area contributed by atoms with Crippen molar-refractivity contribution in [2.75, 3.05) is 0 Å². The predicted molar refractivity (Wildman–Crippen MR) is 106 cm³/mol. The number of hydrogen-bond donors (Lipinski definition) is 2. The molecule has 1 atom stereocenters. The first-order valence-corrected chi connectivity index (χ1v) is 9.78. The molecular formula is C19H15F2N5O4S. The summed E-state index contributed by atoms with van der Waals surface area (Å²) in [5.74, 6) is -2.10. The zero-order valence-electron chi connectivity index (χ0n) is 16.0. The van der Waals surface area contributed by atoms with E-state index >= 15 is 0 Å². The summed E-state index contributed by atoms with van der Waals surface area (Å²) in [5.41, 5.74) is 5.42. The minimum atomic E-state index is -1.25. The zero-order valence-corrected chi connectivity index (χ0v) is 16.8. The molecule has 4 aromatic rings. The van der Waals surface area contributed by atoms with Gasteiger partial charge < -0.3 is 15.4 Å². The first-order valence-electron chi connectivity index (χ1n) is 8.96. The minimum Gasteiger partial charge on any atom is -0.388 e. The number of primary amides is 1. The summed E-state index contributed by atoms with van der Waals surface area (Å²) < 4.78 is 33.0. The Morgan fingerprint density at radius 3 is 2.71 bits per heavy atom. The Kier molecular flexibility index (Phi) is 5.33. The molecule has 31 heavy (non-hydrogen) atoms. The second-order valence-corrected chi connectivity index (χ2v) is 7.80. The minimum absolute atomic E-state index is 0.0351. The first-order chi connectivity index (χ1) is 14.7. The molecule has 4 rings (SSSR count). The van der Waals surface area contributed by atoms with Crippen LogP contribution in [0.25, 0.3) is 10.2 Å². The van der Waals surface area contributed by atoms with E-state index < -0.39 is 29.2 Å². The lowest BCUT2D eigenvalue weighted by Crippen LogP contribution is -2.21. The van der Waals surface area contributed by atoms with Crippen LogP contribution in [-0.2, 0) is 13.0 Å². The van der Waals surface area contributed by atoms with E-state index in [1.807, 2.05) is 0 Å². The maximum Gasteiger partial charge on any atom is 0.262 e. The van der Waals surface area contributed by atoms with Crippen molar-refractivity contribution in [1.82, 2.24) is 19.7 Å². The second kappa shape index (κ2) is 7.96. The van der Waals surface area contributed by atoms with Crippen LogP contribution in [0.4, 0.5) is 8.78 Å². The number of aliphatic hydroxyl groups excluding tert-OH is 1. The molecule has 0 saturated heterocycles. The van der Waals surface area contributed by atoms with Crippen LogP contribution >= 0.6 is 11.3 Å². The van der Waals surface area contributed by atoms with Crippen LogP contribution in [0.5, 0.6) is 0 Å². The predicted octanol–water partition coefficient (Wildman–Crippen LogP) is 1.85. The van der Waals surface area contributed by atoms with Crippen LogP contribution in [0.15, 0.2) is 33.8 Å². The van der Waals surface area contributed by atoms with Gasteiger partial charge in [-0.25, -0.2) is 13.8 Å². The van der Waals surface area contributed by atoms with Crippen molar-refractivity contribution in [3.8, 4) is 0 Å². The van der Waals surface area contributed by atoms with Crippen LogP contribution in [0, 0.1) is 18.6 Å². The molecule has 3 aromatic heterocycles. The molecule has 0 saturated carbocycles. The fourth-order valence-electron chi connectivity index (χ4n) is 3.15. The van der Waals surface area contributed by atoms with Gasteiger partial charge in [0.1, 0.15) is 23.0 Å². The van der Waals surface area contributed by atoms with Crippen LogP contribution in [-0.4, -0.2) is 30.7 Å². The fraction of sp³-hybridized carbons (Fsp3) is 0.211. The number of hydrogen-bond acceptors (Lipinski definition) is 8. The number of amides is 1. The van der Waals surface area contributed by atoms with Crippen molar-refractivity contribution in [2.24, 2.45) is 5.73 Å². The molecular weight excluding hydrogens is 432 g/mol. The molecule has 0 radical (unpaired) electrons. The molecule has 160 valence electrons. The Bertz CT molecular complexity index is 1340. The second-order valence-electron chi connectivity index (χ2n) is 6.81. The smallest absolute Gasteiger partial charge is 0.262 e. The monoisotopic (exact) mass is 447 g/mol. The number of rotatable bonds is 6. The van der Waals surface area contributed by atoms with E-state index in [-0.39, 0.29) is 40.5 Å². The molecule has 0 bridgehead atoms. The summed E-state index contributed by atoms with van der Waals surface area (Å²) in [6.45, 7) is 1.52. The van der Waals surface area contributed by atoms with Crippen molar-refractivity contribution in [2.45, 2.75) is 26.0 Å². The number of nitrogens with zero attached hydrogens (tertiary/aromatic N) is 4. The van der Waals surface area contributed by atoms with Crippen molar-refractivity contribution in [1.29, 1.82) is 0 Å². The van der Waals surface area contributed by atoms with Crippen LogP contribution in [0.1, 0.15) is 38.6 Å². The van der Waals surface area contributed by atoms with E-state index in [9.17, 15) is 23.5 Å². The number of carbonyl (C=O) groups is 1. The van der Waals surface area contributed by atoms with Gasteiger partial charge in [-0.2, -0.15) is 4.98 Å². The highest BCUT2D eigenvalue weighted by Gasteiger charge is 2.19. The van der Waals surface area contributed by atoms with Crippen LogP contribution < -0.4 is 11.3 Å². The summed E-state index contributed by atoms with van der Waals surface area (Å²) in [4.78, 5) is 33.3. The number of aliphatic hydroxyl groups is 1. The normalized spacial score (nSPS) is 12.4. The molecule has 3 heterocycles. The lowest BCUT2D eigenvalue weighted by atomic mass is 10.1. The van der Waals surface area contributed by atoms with Crippen molar-refractivity contribution < 1.29 is 23.2 Å². The van der Waals surface area contributed by atoms with E-state index in [1.54, 1.807) is 6.92 Å². The molecule has 12 heteroatoms. The number of aryl methyl sites for hydroxylation is 1. The number of thiophene rings is 1. The Balaban J connectivity index is 1.55. The molecule has 0 spiro atoms. The summed E-state index contributed by atoms with van der Waals surface area (Å²) in [5, 5.41) is 14.2. The molecule has 3 N–H and O–H groups in total. The SMILES string of the molecule is Cc1c(C(N)=O)sc2ncn(Cc3nc(C[C@H](O)c4cc(F)cc(F)c4)no3)c(=O)c12. The topological polar surface area (TPSA) is 137 Å². The molecule has 0 aliphatic rings. The number of carbonyl (C=O) groups excluding carboxylic acids is 1. The largest absolute Gasteiger partial charge is 0.388 e. The Hall–Kier alpha value is -3.51. The number of halogens is 2. The first kappa shape index (κ1) is 20.8. The van der Waals surface area contributed by atoms with Crippen molar-refractivity contribution >= 4 is 27.5 Å². The highest BCUT2D eigenvalue weighted by molar-refractivity contribution is 7.20. The van der Waals surface area contributed by atoms with E-state index in [1.165, 1.54) is 10.9 Å². The van der Waals surface area contributed by atoms with Gasteiger partial charge in [-0.3, -0.25) is 14.2 Å². The van der Waals surface area contributed by atoms with Gasteiger partial charge in [-0.1, -0.05) is 5.16 Å². The standard InChI is InChI=1S/C19H15F2N5O4S/c1-8-15-18(31-16(8)17(22)28)23-7-26(19(15)29)6-14-24-13(25-30-14)5-12(27)9-2-10(20)4-11(21)3-9/h2-4,7,12,27H,5-6H2,1H3,(H2,22,28)/t12-/m0/s1. The highest BCUT2D eigenvalue weighted by atomic mass is 32.1. The summed E-state index contributed by atoms with van der Waals surface area (Å²) in [7, 11) is 0. The molecule has 9 nitrogen and oxygen atoms in total. The molecule has 0 aliphatic heterocycles. The third-order valence-corrected chi connectivity index (χ3v) is 5.82. The van der Waals surface area contributed by atoms with Crippen LogP contribution in [0.2, 0.25) is 0 Å². The quantitative estimate of drug-likeness (QED) is 0.460. The molecule has 0 unspecified atom stereocenters. The van der Waals surface area contributed by atoms with Gasteiger partial charge in [-0.05, 0) is 30.2 Å². The van der Waals surface area contributed by atoms with Crippen molar-refractivity contribution in [3.05, 3.63) is 74.2 Å². The van der Waals surface area contributed by atoms with Gasteiger partial charge in [0, 0.05) is 12.5 Å². The third kappa shape index (κ3) is 4.07. The van der Waals surface area contributed by atoms with E-state index in [2.05, 4.69) is 15.1 Å². The third-order valence-electron chi connectivity index (χ3n) is 4.60. The van der Waals surface area contributed by atoms with Gasteiger partial charge in [-0.15, -0.1) is 11.3 Å². The van der Waals surface area contributed by atoms with Gasteiger partial charge in [0.05, 0.1) is 22.7 Å². The summed E-state index contributed by atoms with van der Waals surface area (Å²) in [6.07, 6.45) is -0.110. The lowest BCUT2D eigenvalue weighted by Gasteiger charge is -2.08. The average molecular weight is 447 g/mol. The van der Waals surface area contributed by atoms with Gasteiger partial charge >= 0.3 is 0 Å². The average Bonchev–Trinajstić information content (AvgIpc) is 3.27. The van der Waals surface area contributed by atoms with Gasteiger partial charge in [0.15, 0.2) is 5.82 Å². The highest BCUT2D eigenvalue weighted by Crippen LogP contribution is 2.26. The lowest BCUT2D eigenvalue weighted by molar-refractivity contribution is 0.100. The van der Waals surface area contributed by atoms with Gasteiger partial charge in [0.2, 0.25) is 5.89 Å². The van der Waals surface area contributed by atoms with E-state index in [4.69, 9.17) is 10.3 Å². The number of aromatic nitrogens is 4. The van der Waals surface area contributed by atoms with Crippen LogP contribution in [0.3, 0.4) is 0 Å². The van der Waals surface area contributed by atoms with E-state index in [0.29, 0.717) is 16.5 Å². The molecule has 0 fully saturated rings.